The molecule has 0 aromatic rings. The highest BCUT2D eigenvalue weighted by atomic mass is 16.6. The van der Waals surface area contributed by atoms with E-state index in [-0.39, 0.29) is 31.1 Å². The van der Waals surface area contributed by atoms with Crippen LogP contribution in [-0.4, -0.2) is 37.2 Å². The zero-order chi connectivity index (χ0) is 59.2. The first-order chi connectivity index (χ1) is 40.5. The van der Waals surface area contributed by atoms with E-state index < -0.39 is 6.10 Å². The molecule has 0 spiro atoms. The van der Waals surface area contributed by atoms with Crippen LogP contribution >= 0.6 is 0 Å². The van der Waals surface area contributed by atoms with Crippen molar-refractivity contribution in [2.75, 3.05) is 13.2 Å². The summed E-state index contributed by atoms with van der Waals surface area (Å²) in [5.74, 6) is -0.850. The van der Waals surface area contributed by atoms with Crippen molar-refractivity contribution in [2.24, 2.45) is 0 Å². The molecule has 0 N–H and O–H groups in total. The maximum atomic E-state index is 13.0. The van der Waals surface area contributed by atoms with Gasteiger partial charge in [-0.25, -0.2) is 0 Å². The van der Waals surface area contributed by atoms with Crippen LogP contribution in [0.1, 0.15) is 400 Å². The van der Waals surface area contributed by atoms with Crippen LogP contribution in [0, 0.1) is 0 Å². The SMILES string of the molecule is CC/C=C\C/C=C\C/C=C\C/C=C\CCCCCCCCCCC(=O)OC(COC(=O)CCCCCCCCCCCCCCCC)COC(=O)CCCCCCCCCCCCCCCCCCCCCCCCCCCCCCC. The van der Waals surface area contributed by atoms with Gasteiger partial charge in [-0.15, -0.1) is 0 Å². The molecule has 0 aliphatic carbocycles. The Morgan fingerprint density at radius 3 is 0.744 bits per heavy atom. The van der Waals surface area contributed by atoms with Gasteiger partial charge in [-0.2, -0.15) is 0 Å². The Kier molecular flexibility index (Phi) is 68.6. The topological polar surface area (TPSA) is 78.9 Å². The molecule has 6 nitrogen and oxygen atoms in total. The molecule has 0 rings (SSSR count). The number of rotatable bonds is 68. The van der Waals surface area contributed by atoms with Gasteiger partial charge >= 0.3 is 17.9 Å². The van der Waals surface area contributed by atoms with E-state index in [0.717, 1.165) is 89.9 Å². The van der Waals surface area contributed by atoms with Crippen molar-refractivity contribution in [3.63, 3.8) is 0 Å². The number of hydrogen-bond acceptors (Lipinski definition) is 6. The van der Waals surface area contributed by atoms with Gasteiger partial charge in [0.1, 0.15) is 13.2 Å². The Hall–Kier alpha value is -2.63. The van der Waals surface area contributed by atoms with Crippen LogP contribution in [0.2, 0.25) is 0 Å². The first-order valence-electron chi connectivity index (χ1n) is 36.6. The van der Waals surface area contributed by atoms with Gasteiger partial charge in [0, 0.05) is 19.3 Å². The molecule has 1 atom stereocenters. The highest BCUT2D eigenvalue weighted by Gasteiger charge is 2.19. The van der Waals surface area contributed by atoms with Gasteiger partial charge in [-0.05, 0) is 57.8 Å². The molecule has 0 amide bonds. The summed E-state index contributed by atoms with van der Waals surface area (Å²) in [5, 5.41) is 0. The number of hydrogen-bond donors (Lipinski definition) is 0. The maximum absolute atomic E-state index is 13.0. The van der Waals surface area contributed by atoms with Crippen LogP contribution in [-0.2, 0) is 28.6 Å². The molecule has 0 aliphatic rings. The van der Waals surface area contributed by atoms with Gasteiger partial charge in [0.15, 0.2) is 6.10 Å². The van der Waals surface area contributed by atoms with Crippen molar-refractivity contribution >= 4 is 17.9 Å². The Labute approximate surface area is 511 Å². The summed E-state index contributed by atoms with van der Waals surface area (Å²) in [6.45, 7) is 6.60. The van der Waals surface area contributed by atoms with E-state index in [1.165, 1.54) is 270 Å². The van der Waals surface area contributed by atoms with Crippen LogP contribution in [0.15, 0.2) is 48.6 Å². The van der Waals surface area contributed by atoms with Crippen LogP contribution in [0.4, 0.5) is 0 Å². The van der Waals surface area contributed by atoms with Crippen LogP contribution in [0.5, 0.6) is 0 Å². The fraction of sp³-hybridized carbons (Fsp3) is 0.855. The Balaban J connectivity index is 4.21. The van der Waals surface area contributed by atoms with E-state index in [1.54, 1.807) is 0 Å². The molecule has 0 saturated heterocycles. The maximum Gasteiger partial charge on any atom is 0.306 e. The van der Waals surface area contributed by atoms with Crippen molar-refractivity contribution in [1.82, 2.24) is 0 Å². The van der Waals surface area contributed by atoms with E-state index >= 15 is 0 Å². The average molecular weight is 1150 g/mol. The summed E-state index contributed by atoms with van der Waals surface area (Å²) < 4.78 is 17.0. The minimum Gasteiger partial charge on any atom is -0.462 e. The second kappa shape index (κ2) is 70.9. The fourth-order valence-corrected chi connectivity index (χ4v) is 11.1. The van der Waals surface area contributed by atoms with Crippen molar-refractivity contribution in [3.05, 3.63) is 48.6 Å². The van der Waals surface area contributed by atoms with Gasteiger partial charge in [-0.3, -0.25) is 14.4 Å². The van der Waals surface area contributed by atoms with E-state index in [1.807, 2.05) is 0 Å². The number of allylic oxidation sites excluding steroid dienone is 8. The molecule has 0 aliphatic heterocycles. The van der Waals surface area contributed by atoms with Gasteiger partial charge in [-0.1, -0.05) is 371 Å². The first-order valence-corrected chi connectivity index (χ1v) is 36.6. The minimum atomic E-state index is -0.776. The van der Waals surface area contributed by atoms with Crippen LogP contribution in [0.3, 0.4) is 0 Å². The number of unbranched alkanes of at least 4 members (excludes halogenated alkanes) is 49. The lowest BCUT2D eigenvalue weighted by molar-refractivity contribution is -0.167. The lowest BCUT2D eigenvalue weighted by Crippen LogP contribution is -2.30. The summed E-state index contributed by atoms with van der Waals surface area (Å²) >= 11 is 0. The van der Waals surface area contributed by atoms with Crippen molar-refractivity contribution < 1.29 is 28.6 Å². The third-order valence-electron chi connectivity index (χ3n) is 16.6. The fourth-order valence-electron chi connectivity index (χ4n) is 11.1. The summed E-state index contributed by atoms with van der Waals surface area (Å²) in [4.78, 5) is 38.5. The van der Waals surface area contributed by atoms with E-state index in [0.29, 0.717) is 19.3 Å². The second-order valence-corrected chi connectivity index (χ2v) is 24.8. The molecule has 0 heterocycles. The number of esters is 3. The van der Waals surface area contributed by atoms with E-state index in [9.17, 15) is 14.4 Å². The monoisotopic (exact) mass is 1150 g/mol. The van der Waals surface area contributed by atoms with Crippen molar-refractivity contribution in [3.8, 4) is 0 Å². The second-order valence-electron chi connectivity index (χ2n) is 24.8. The summed E-state index contributed by atoms with van der Waals surface area (Å²) in [6.07, 6.45) is 90.1. The minimum absolute atomic E-state index is 0.0709. The molecule has 0 saturated carbocycles. The standard InChI is InChI=1S/C76H140O6/c1-4-7-10-13-16-19-22-25-28-30-32-34-35-36-37-38-39-40-41-43-44-46-48-51-54-57-60-63-66-69-75(78)81-72-73(71-80-74(77)68-65-62-59-56-53-50-27-24-21-18-15-12-9-6-3)82-76(79)70-67-64-61-58-55-52-49-47-45-42-33-31-29-26-23-20-17-14-11-8-5-2/h8,11,17,20,26,29,33,42,73H,4-7,9-10,12-16,18-19,21-25,27-28,30-32,34-41,43-72H2,1-3H3/b11-8-,20-17-,29-26-,42-33-. The molecular weight excluding hydrogens is 1010 g/mol. The smallest absolute Gasteiger partial charge is 0.306 e. The lowest BCUT2D eigenvalue weighted by Gasteiger charge is -2.18. The first kappa shape index (κ1) is 79.4. The Morgan fingerprint density at radius 2 is 0.476 bits per heavy atom. The molecule has 0 aromatic carbocycles. The molecule has 6 heteroatoms. The number of carbonyl (C=O) groups is 3. The average Bonchev–Trinajstić information content (AvgIpc) is 3.47. The van der Waals surface area contributed by atoms with E-state index in [2.05, 4.69) is 69.4 Å². The van der Waals surface area contributed by atoms with Crippen molar-refractivity contribution in [2.45, 2.75) is 406 Å². The Bertz CT molecular complexity index is 1410. The third kappa shape index (κ3) is 68.2. The molecular formula is C76H140O6. The largest absolute Gasteiger partial charge is 0.462 e. The van der Waals surface area contributed by atoms with Crippen LogP contribution in [0.25, 0.3) is 0 Å². The van der Waals surface area contributed by atoms with Gasteiger partial charge in [0.05, 0.1) is 0 Å². The third-order valence-corrected chi connectivity index (χ3v) is 16.6. The van der Waals surface area contributed by atoms with E-state index in [4.69, 9.17) is 14.2 Å². The van der Waals surface area contributed by atoms with Crippen molar-refractivity contribution in [1.29, 1.82) is 0 Å². The summed E-state index contributed by atoms with van der Waals surface area (Å²) in [7, 11) is 0. The Morgan fingerprint density at radius 1 is 0.256 bits per heavy atom. The van der Waals surface area contributed by atoms with Gasteiger partial charge in [0.25, 0.3) is 0 Å². The number of carbonyl (C=O) groups excluding carboxylic acids is 3. The molecule has 0 aromatic heterocycles. The highest BCUT2D eigenvalue weighted by molar-refractivity contribution is 5.71. The molecule has 0 radical (unpaired) electrons. The zero-order valence-corrected chi connectivity index (χ0v) is 55.3. The molecule has 480 valence electrons. The molecule has 82 heavy (non-hydrogen) atoms. The zero-order valence-electron chi connectivity index (χ0n) is 55.3. The molecule has 0 fully saturated rings. The summed E-state index contributed by atoms with van der Waals surface area (Å²) in [6, 6.07) is 0. The lowest BCUT2D eigenvalue weighted by atomic mass is 10.0. The normalized spacial score (nSPS) is 12.3. The van der Waals surface area contributed by atoms with Gasteiger partial charge in [0.2, 0.25) is 0 Å². The predicted molar refractivity (Wildman–Crippen MR) is 358 cm³/mol. The highest BCUT2D eigenvalue weighted by Crippen LogP contribution is 2.19. The number of ether oxygens (including phenoxy) is 3. The van der Waals surface area contributed by atoms with Gasteiger partial charge < -0.3 is 14.2 Å². The molecule has 1 unspecified atom stereocenters. The predicted octanol–water partition coefficient (Wildman–Crippen LogP) is 25.3. The molecule has 0 bridgehead atoms. The summed E-state index contributed by atoms with van der Waals surface area (Å²) in [5.41, 5.74) is 0. The quantitative estimate of drug-likeness (QED) is 0.0261. The van der Waals surface area contributed by atoms with Crippen LogP contribution < -0.4 is 0 Å².